The number of aliphatic hydroxyl groups is 1. The first-order valence-electron chi connectivity index (χ1n) is 6.06. The molecule has 4 heteroatoms. The van der Waals surface area contributed by atoms with Crippen LogP contribution in [-0.4, -0.2) is 30.9 Å². The smallest absolute Gasteiger partial charge is 0.335 e. The minimum Gasteiger partial charge on any atom is -0.497 e. The van der Waals surface area contributed by atoms with Crippen molar-refractivity contribution in [2.24, 2.45) is 5.92 Å². The summed E-state index contributed by atoms with van der Waals surface area (Å²) in [5.41, 5.74) is 1.05. The lowest BCUT2D eigenvalue weighted by atomic mass is 9.96. The molecule has 18 heavy (non-hydrogen) atoms. The van der Waals surface area contributed by atoms with Crippen LogP contribution in [0.5, 0.6) is 5.75 Å². The largest absolute Gasteiger partial charge is 0.497 e. The first kappa shape index (κ1) is 14.5. The molecule has 0 aliphatic heterocycles. The Morgan fingerprint density at radius 1 is 1.33 bits per heavy atom. The maximum atomic E-state index is 11.4. The van der Waals surface area contributed by atoms with Crippen molar-refractivity contribution in [1.82, 2.24) is 0 Å². The van der Waals surface area contributed by atoms with E-state index in [1.807, 2.05) is 31.2 Å². The van der Waals surface area contributed by atoms with Crippen molar-refractivity contribution >= 4 is 5.97 Å². The Morgan fingerprint density at radius 2 is 1.94 bits per heavy atom. The second kappa shape index (κ2) is 7.01. The number of hydrogen-bond donors (Lipinski definition) is 1. The summed E-state index contributed by atoms with van der Waals surface area (Å²) in [6, 6.07) is 7.57. The topological polar surface area (TPSA) is 55.8 Å². The molecular weight excluding hydrogens is 232 g/mol. The molecule has 0 amide bonds. The summed E-state index contributed by atoms with van der Waals surface area (Å²) in [7, 11) is 1.61. The van der Waals surface area contributed by atoms with Gasteiger partial charge in [-0.05, 0) is 37.0 Å². The van der Waals surface area contributed by atoms with Crippen LogP contribution in [0.15, 0.2) is 24.3 Å². The molecule has 0 fully saturated rings. The van der Waals surface area contributed by atoms with Gasteiger partial charge in [-0.1, -0.05) is 19.1 Å². The van der Waals surface area contributed by atoms with Gasteiger partial charge in [0.1, 0.15) is 5.75 Å². The predicted octanol–water partition coefficient (Wildman–Crippen LogP) is 1.80. The van der Waals surface area contributed by atoms with E-state index in [-0.39, 0.29) is 12.5 Å². The minimum absolute atomic E-state index is 0.183. The monoisotopic (exact) mass is 252 g/mol. The molecule has 0 radical (unpaired) electrons. The van der Waals surface area contributed by atoms with E-state index < -0.39 is 12.1 Å². The standard InChI is InChI=1S/C14H20O4/c1-4-18-14(16)13(15)10(2)9-11-5-7-12(17-3)8-6-11/h5-8,10,13,15H,4,9H2,1-3H3. The van der Waals surface area contributed by atoms with E-state index >= 15 is 0 Å². The number of carbonyl (C=O) groups excluding carboxylic acids is 1. The van der Waals surface area contributed by atoms with E-state index in [9.17, 15) is 9.90 Å². The number of benzene rings is 1. The Kier molecular flexibility index (Phi) is 5.65. The summed E-state index contributed by atoms with van der Waals surface area (Å²) < 4.78 is 9.86. The van der Waals surface area contributed by atoms with Crippen LogP contribution in [0.2, 0.25) is 0 Å². The number of methoxy groups -OCH3 is 1. The highest BCUT2D eigenvalue weighted by Crippen LogP contribution is 2.17. The van der Waals surface area contributed by atoms with E-state index in [4.69, 9.17) is 9.47 Å². The van der Waals surface area contributed by atoms with Crippen molar-refractivity contribution in [3.63, 3.8) is 0 Å². The van der Waals surface area contributed by atoms with Gasteiger partial charge in [-0.2, -0.15) is 0 Å². The highest BCUT2D eigenvalue weighted by Gasteiger charge is 2.23. The molecule has 0 heterocycles. The van der Waals surface area contributed by atoms with Crippen molar-refractivity contribution in [3.8, 4) is 5.75 Å². The fourth-order valence-corrected chi connectivity index (χ4v) is 1.70. The molecule has 1 rings (SSSR count). The molecule has 1 N–H and O–H groups in total. The Hall–Kier alpha value is -1.55. The zero-order valence-electron chi connectivity index (χ0n) is 11.1. The quantitative estimate of drug-likeness (QED) is 0.784. The van der Waals surface area contributed by atoms with Crippen LogP contribution in [0.4, 0.5) is 0 Å². The third-order valence-electron chi connectivity index (χ3n) is 2.78. The summed E-state index contributed by atoms with van der Waals surface area (Å²) >= 11 is 0. The molecule has 100 valence electrons. The van der Waals surface area contributed by atoms with Gasteiger partial charge < -0.3 is 14.6 Å². The maximum Gasteiger partial charge on any atom is 0.335 e. The first-order chi connectivity index (χ1) is 8.58. The Bertz CT molecular complexity index is 372. The summed E-state index contributed by atoms with van der Waals surface area (Å²) in [6.07, 6.45) is -0.462. The van der Waals surface area contributed by atoms with Crippen LogP contribution < -0.4 is 4.74 Å². The van der Waals surface area contributed by atoms with Crippen LogP contribution in [0.3, 0.4) is 0 Å². The van der Waals surface area contributed by atoms with Gasteiger partial charge in [0.25, 0.3) is 0 Å². The second-order valence-corrected chi connectivity index (χ2v) is 4.23. The van der Waals surface area contributed by atoms with Gasteiger partial charge in [-0.3, -0.25) is 0 Å². The van der Waals surface area contributed by atoms with Gasteiger partial charge in [-0.25, -0.2) is 4.79 Å². The zero-order chi connectivity index (χ0) is 13.5. The van der Waals surface area contributed by atoms with E-state index in [0.717, 1.165) is 11.3 Å². The number of esters is 1. The summed E-state index contributed by atoms with van der Waals surface area (Å²) in [6.45, 7) is 3.83. The van der Waals surface area contributed by atoms with Crippen LogP contribution >= 0.6 is 0 Å². The molecular formula is C14H20O4. The highest BCUT2D eigenvalue weighted by molar-refractivity contribution is 5.74. The van der Waals surface area contributed by atoms with Crippen molar-refractivity contribution in [2.45, 2.75) is 26.4 Å². The average Bonchev–Trinajstić information content (AvgIpc) is 2.39. The van der Waals surface area contributed by atoms with Crippen molar-refractivity contribution in [3.05, 3.63) is 29.8 Å². The highest BCUT2D eigenvalue weighted by atomic mass is 16.5. The average molecular weight is 252 g/mol. The van der Waals surface area contributed by atoms with Gasteiger partial charge in [0, 0.05) is 0 Å². The van der Waals surface area contributed by atoms with Crippen LogP contribution in [-0.2, 0) is 16.0 Å². The molecule has 0 aliphatic carbocycles. The molecule has 0 aromatic heterocycles. The number of carbonyl (C=O) groups is 1. The predicted molar refractivity (Wildman–Crippen MR) is 68.5 cm³/mol. The molecule has 0 saturated heterocycles. The van der Waals surface area contributed by atoms with Crippen LogP contribution in [0, 0.1) is 5.92 Å². The minimum atomic E-state index is -1.08. The normalized spacial score (nSPS) is 13.8. The van der Waals surface area contributed by atoms with E-state index in [1.165, 1.54) is 0 Å². The maximum absolute atomic E-state index is 11.4. The number of hydrogen-bond acceptors (Lipinski definition) is 4. The summed E-state index contributed by atoms with van der Waals surface area (Å²) in [5, 5.41) is 9.78. The van der Waals surface area contributed by atoms with Crippen molar-refractivity contribution in [2.75, 3.05) is 13.7 Å². The summed E-state index contributed by atoms with van der Waals surface area (Å²) in [4.78, 5) is 11.4. The molecule has 0 spiro atoms. The SMILES string of the molecule is CCOC(=O)C(O)C(C)Cc1ccc(OC)cc1. The Morgan fingerprint density at radius 3 is 2.44 bits per heavy atom. The van der Waals surface area contributed by atoms with Crippen LogP contribution in [0.25, 0.3) is 0 Å². The van der Waals surface area contributed by atoms with Crippen molar-refractivity contribution < 1.29 is 19.4 Å². The van der Waals surface area contributed by atoms with Gasteiger partial charge in [0.05, 0.1) is 13.7 Å². The molecule has 2 unspecified atom stereocenters. The molecule has 4 nitrogen and oxygen atoms in total. The number of aliphatic hydroxyl groups excluding tert-OH is 1. The van der Waals surface area contributed by atoms with Crippen molar-refractivity contribution in [1.29, 1.82) is 0 Å². The number of rotatable bonds is 6. The Balaban J connectivity index is 2.57. The van der Waals surface area contributed by atoms with Crippen LogP contribution in [0.1, 0.15) is 19.4 Å². The molecule has 0 aliphatic rings. The lowest BCUT2D eigenvalue weighted by Gasteiger charge is -2.17. The van der Waals surface area contributed by atoms with E-state index in [2.05, 4.69) is 0 Å². The second-order valence-electron chi connectivity index (χ2n) is 4.23. The molecule has 0 bridgehead atoms. The first-order valence-corrected chi connectivity index (χ1v) is 6.06. The summed E-state index contributed by atoms with van der Waals surface area (Å²) in [5.74, 6) is 0.0494. The third kappa shape index (κ3) is 4.04. The fourth-order valence-electron chi connectivity index (χ4n) is 1.70. The molecule has 2 atom stereocenters. The Labute approximate surface area is 108 Å². The van der Waals surface area contributed by atoms with Gasteiger partial charge >= 0.3 is 5.97 Å². The van der Waals surface area contributed by atoms with E-state index in [0.29, 0.717) is 6.42 Å². The third-order valence-corrected chi connectivity index (χ3v) is 2.78. The lowest BCUT2D eigenvalue weighted by Crippen LogP contribution is -2.30. The lowest BCUT2D eigenvalue weighted by molar-refractivity contribution is -0.155. The molecule has 1 aromatic carbocycles. The van der Waals surface area contributed by atoms with Gasteiger partial charge in [-0.15, -0.1) is 0 Å². The molecule has 1 aromatic rings. The van der Waals surface area contributed by atoms with Gasteiger partial charge in [0.2, 0.25) is 0 Å². The fraction of sp³-hybridized carbons (Fsp3) is 0.500. The zero-order valence-corrected chi connectivity index (χ0v) is 11.1. The molecule has 0 saturated carbocycles. The number of ether oxygens (including phenoxy) is 2. The van der Waals surface area contributed by atoms with E-state index in [1.54, 1.807) is 14.0 Å². The van der Waals surface area contributed by atoms with Gasteiger partial charge in [0.15, 0.2) is 6.10 Å².